The van der Waals surface area contributed by atoms with Crippen LogP contribution < -0.4 is 10.2 Å². The first-order chi connectivity index (χ1) is 12.9. The first-order valence-electron chi connectivity index (χ1n) is 9.42. The van der Waals surface area contributed by atoms with Gasteiger partial charge in [0.2, 0.25) is 5.91 Å². The van der Waals surface area contributed by atoms with Crippen LogP contribution in [-0.2, 0) is 14.3 Å². The molecule has 0 aliphatic carbocycles. The summed E-state index contributed by atoms with van der Waals surface area (Å²) in [6.45, 7) is 3.28. The maximum atomic E-state index is 12.6. The molecule has 0 atom stereocenters. The van der Waals surface area contributed by atoms with Crippen molar-refractivity contribution in [1.82, 2.24) is 10.2 Å². The summed E-state index contributed by atoms with van der Waals surface area (Å²) in [7, 11) is 3.92. The molecule has 27 heavy (non-hydrogen) atoms. The van der Waals surface area contributed by atoms with E-state index in [1.54, 1.807) is 6.92 Å². The number of benzene rings is 1. The van der Waals surface area contributed by atoms with Crippen LogP contribution in [0.3, 0.4) is 0 Å². The van der Waals surface area contributed by atoms with E-state index < -0.39 is 0 Å². The number of hydrogen-bond acceptors (Lipinski definition) is 5. The minimum Gasteiger partial charge on any atom is -0.466 e. The minimum atomic E-state index is -0.353. The number of nitrogens with one attached hydrogen (secondary N) is 1. The van der Waals surface area contributed by atoms with Gasteiger partial charge in [0.15, 0.2) is 0 Å². The standard InChI is InChI=1S/C20H29N3O4/c1-4-27-19(25)10-9-18(24)21-16-11-13-23(14-12-16)20(26)15-5-7-17(8-6-15)22(2)3/h5-8,16H,4,9-14H2,1-3H3,(H,21,24). The zero-order chi connectivity index (χ0) is 19.8. The fourth-order valence-corrected chi connectivity index (χ4v) is 3.06. The quantitative estimate of drug-likeness (QED) is 0.736. The molecule has 1 fully saturated rings. The second-order valence-electron chi connectivity index (χ2n) is 6.88. The number of carbonyl (C=O) groups is 3. The Morgan fingerprint density at radius 2 is 1.74 bits per heavy atom. The van der Waals surface area contributed by atoms with E-state index in [1.807, 2.05) is 48.2 Å². The predicted octanol–water partition coefficient (Wildman–Crippen LogP) is 1.82. The molecule has 7 heteroatoms. The molecule has 0 aromatic heterocycles. The molecular weight excluding hydrogens is 346 g/mol. The van der Waals surface area contributed by atoms with Crippen molar-refractivity contribution in [3.63, 3.8) is 0 Å². The monoisotopic (exact) mass is 375 g/mol. The molecule has 0 unspecified atom stereocenters. The Hall–Kier alpha value is -2.57. The summed E-state index contributed by atoms with van der Waals surface area (Å²) in [4.78, 5) is 39.7. The van der Waals surface area contributed by atoms with Gasteiger partial charge in [0.25, 0.3) is 5.91 Å². The lowest BCUT2D eigenvalue weighted by Gasteiger charge is -2.32. The maximum Gasteiger partial charge on any atom is 0.306 e. The molecule has 7 nitrogen and oxygen atoms in total. The Kier molecular flexibility index (Phi) is 7.64. The van der Waals surface area contributed by atoms with Crippen molar-refractivity contribution in [1.29, 1.82) is 0 Å². The highest BCUT2D eigenvalue weighted by atomic mass is 16.5. The molecule has 0 spiro atoms. The van der Waals surface area contributed by atoms with Crippen molar-refractivity contribution in [2.24, 2.45) is 0 Å². The molecule has 1 N–H and O–H groups in total. The van der Waals surface area contributed by atoms with Gasteiger partial charge in [-0.1, -0.05) is 0 Å². The van der Waals surface area contributed by atoms with Crippen molar-refractivity contribution in [3.8, 4) is 0 Å². The molecule has 0 saturated carbocycles. The molecule has 1 aromatic carbocycles. The largest absolute Gasteiger partial charge is 0.466 e. The van der Waals surface area contributed by atoms with E-state index >= 15 is 0 Å². The highest BCUT2D eigenvalue weighted by Crippen LogP contribution is 2.17. The number of anilines is 1. The van der Waals surface area contributed by atoms with Gasteiger partial charge in [0, 0.05) is 50.9 Å². The van der Waals surface area contributed by atoms with Gasteiger partial charge in [-0.25, -0.2) is 0 Å². The van der Waals surface area contributed by atoms with Crippen molar-refractivity contribution in [3.05, 3.63) is 29.8 Å². The van der Waals surface area contributed by atoms with Gasteiger partial charge in [-0.3, -0.25) is 14.4 Å². The Labute approximate surface area is 160 Å². The van der Waals surface area contributed by atoms with Gasteiger partial charge in [-0.2, -0.15) is 0 Å². The lowest BCUT2D eigenvalue weighted by Crippen LogP contribution is -2.46. The summed E-state index contributed by atoms with van der Waals surface area (Å²) >= 11 is 0. The topological polar surface area (TPSA) is 79.0 Å². The summed E-state index contributed by atoms with van der Waals surface area (Å²) in [6.07, 6.45) is 1.66. The summed E-state index contributed by atoms with van der Waals surface area (Å²) in [5.41, 5.74) is 1.73. The van der Waals surface area contributed by atoms with Gasteiger partial charge in [-0.05, 0) is 44.0 Å². The minimum absolute atomic E-state index is 0.0207. The van der Waals surface area contributed by atoms with Gasteiger partial charge in [0.05, 0.1) is 13.0 Å². The van der Waals surface area contributed by atoms with Crippen molar-refractivity contribution < 1.29 is 19.1 Å². The van der Waals surface area contributed by atoms with E-state index in [0.29, 0.717) is 38.1 Å². The Bertz CT molecular complexity index is 650. The average Bonchev–Trinajstić information content (AvgIpc) is 2.67. The van der Waals surface area contributed by atoms with Crippen LogP contribution in [0.5, 0.6) is 0 Å². The highest BCUT2D eigenvalue weighted by molar-refractivity contribution is 5.94. The zero-order valence-electron chi connectivity index (χ0n) is 16.4. The van der Waals surface area contributed by atoms with Gasteiger partial charge < -0.3 is 19.9 Å². The van der Waals surface area contributed by atoms with Crippen LogP contribution in [0, 0.1) is 0 Å². The molecule has 1 saturated heterocycles. The third-order valence-corrected chi connectivity index (χ3v) is 4.64. The third kappa shape index (κ3) is 6.27. The van der Waals surface area contributed by atoms with Crippen LogP contribution in [0.4, 0.5) is 5.69 Å². The lowest BCUT2D eigenvalue weighted by molar-refractivity contribution is -0.144. The van der Waals surface area contributed by atoms with Gasteiger partial charge in [0.1, 0.15) is 0 Å². The fraction of sp³-hybridized carbons (Fsp3) is 0.550. The zero-order valence-corrected chi connectivity index (χ0v) is 16.4. The van der Waals surface area contributed by atoms with Crippen LogP contribution >= 0.6 is 0 Å². The van der Waals surface area contributed by atoms with Gasteiger partial charge in [-0.15, -0.1) is 0 Å². The SMILES string of the molecule is CCOC(=O)CCC(=O)NC1CCN(C(=O)c2ccc(N(C)C)cc2)CC1. The third-order valence-electron chi connectivity index (χ3n) is 4.64. The van der Waals surface area contributed by atoms with Crippen molar-refractivity contribution in [2.75, 3.05) is 38.7 Å². The van der Waals surface area contributed by atoms with E-state index in [4.69, 9.17) is 4.74 Å². The van der Waals surface area contributed by atoms with Crippen LogP contribution in [0.1, 0.15) is 43.0 Å². The van der Waals surface area contributed by atoms with Gasteiger partial charge >= 0.3 is 5.97 Å². The van der Waals surface area contributed by atoms with Crippen LogP contribution in [0.15, 0.2) is 24.3 Å². The lowest BCUT2D eigenvalue weighted by atomic mass is 10.0. The molecule has 1 aromatic rings. The average molecular weight is 375 g/mol. The normalized spacial score (nSPS) is 14.6. The van der Waals surface area contributed by atoms with E-state index in [-0.39, 0.29) is 36.7 Å². The summed E-state index contributed by atoms with van der Waals surface area (Å²) in [6, 6.07) is 7.61. The molecule has 2 amide bonds. The molecule has 0 radical (unpaired) electrons. The van der Waals surface area contributed by atoms with E-state index in [2.05, 4.69) is 5.32 Å². The van der Waals surface area contributed by atoms with E-state index in [1.165, 1.54) is 0 Å². The molecule has 148 valence electrons. The molecule has 1 aliphatic rings. The van der Waals surface area contributed by atoms with Crippen LogP contribution in [0.2, 0.25) is 0 Å². The molecular formula is C20H29N3O4. The van der Waals surface area contributed by atoms with Crippen molar-refractivity contribution >= 4 is 23.5 Å². The van der Waals surface area contributed by atoms with E-state index in [9.17, 15) is 14.4 Å². The number of amides is 2. The second kappa shape index (κ2) is 9.94. The Balaban J connectivity index is 1.76. The predicted molar refractivity (Wildman–Crippen MR) is 104 cm³/mol. The van der Waals surface area contributed by atoms with Crippen molar-refractivity contribution in [2.45, 2.75) is 38.6 Å². The van der Waals surface area contributed by atoms with Crippen LogP contribution in [0.25, 0.3) is 0 Å². The number of piperidine rings is 1. The number of hydrogen-bond donors (Lipinski definition) is 1. The molecule has 0 bridgehead atoms. The molecule has 2 rings (SSSR count). The first kappa shape index (κ1) is 20.7. The second-order valence-corrected chi connectivity index (χ2v) is 6.88. The summed E-state index contributed by atoms with van der Waals surface area (Å²) in [5.74, 6) is -0.479. The smallest absolute Gasteiger partial charge is 0.306 e. The van der Waals surface area contributed by atoms with Crippen LogP contribution in [-0.4, -0.2) is 62.5 Å². The number of likely N-dealkylation sites (tertiary alicyclic amines) is 1. The number of ether oxygens (including phenoxy) is 1. The summed E-state index contributed by atoms with van der Waals surface area (Å²) < 4.78 is 4.82. The molecule has 1 aliphatic heterocycles. The fourth-order valence-electron chi connectivity index (χ4n) is 3.06. The number of esters is 1. The highest BCUT2D eigenvalue weighted by Gasteiger charge is 2.24. The summed E-state index contributed by atoms with van der Waals surface area (Å²) in [5, 5.41) is 2.95. The first-order valence-corrected chi connectivity index (χ1v) is 9.42. The Morgan fingerprint density at radius 3 is 2.30 bits per heavy atom. The Morgan fingerprint density at radius 1 is 1.11 bits per heavy atom. The maximum absolute atomic E-state index is 12.6. The number of nitrogens with zero attached hydrogens (tertiary/aromatic N) is 2. The number of rotatable bonds is 7. The van der Waals surface area contributed by atoms with E-state index in [0.717, 1.165) is 5.69 Å². The number of carbonyl (C=O) groups excluding carboxylic acids is 3. The molecule has 1 heterocycles.